The first-order valence-electron chi connectivity index (χ1n) is 4.52. The average Bonchev–Trinajstić information content (AvgIpc) is 2.15. The maximum Gasteiger partial charge on any atom is 0.250 e. The minimum atomic E-state index is 0.0572. The van der Waals surface area contributed by atoms with Crippen LogP contribution in [0.25, 0.3) is 0 Å². The summed E-state index contributed by atoms with van der Waals surface area (Å²) in [5, 5.41) is 0. The lowest BCUT2D eigenvalue weighted by Crippen LogP contribution is -2.24. The van der Waals surface area contributed by atoms with Crippen molar-refractivity contribution >= 4 is 0 Å². The number of aromatic nitrogens is 1. The predicted octanol–water partition coefficient (Wildman–Crippen LogP) is 1.02. The van der Waals surface area contributed by atoms with Crippen LogP contribution < -0.4 is 10.3 Å². The number of ether oxygens (including phenoxy) is 1. The Morgan fingerprint density at radius 3 is 3.08 bits per heavy atom. The zero-order valence-electron chi connectivity index (χ0n) is 7.96. The summed E-state index contributed by atoms with van der Waals surface area (Å²) in [6.45, 7) is 2.69. The SMILES string of the molecule is Cc1cc(=O)n(C)c2c1OCCC2. The van der Waals surface area contributed by atoms with Gasteiger partial charge >= 0.3 is 0 Å². The first kappa shape index (κ1) is 8.35. The van der Waals surface area contributed by atoms with E-state index in [2.05, 4.69) is 0 Å². The van der Waals surface area contributed by atoms with E-state index in [-0.39, 0.29) is 5.56 Å². The largest absolute Gasteiger partial charge is 0.491 e. The Morgan fingerprint density at radius 2 is 2.31 bits per heavy atom. The summed E-state index contributed by atoms with van der Waals surface area (Å²) in [6.07, 6.45) is 1.95. The second-order valence-electron chi connectivity index (χ2n) is 3.45. The number of nitrogens with zero attached hydrogens (tertiary/aromatic N) is 1. The lowest BCUT2D eigenvalue weighted by atomic mass is 10.1. The molecule has 0 saturated carbocycles. The molecule has 0 saturated heterocycles. The highest BCUT2D eigenvalue weighted by atomic mass is 16.5. The first-order valence-corrected chi connectivity index (χ1v) is 4.52. The lowest BCUT2D eigenvalue weighted by molar-refractivity contribution is 0.278. The van der Waals surface area contributed by atoms with E-state index in [0.717, 1.165) is 36.5 Å². The van der Waals surface area contributed by atoms with Crippen molar-refractivity contribution in [1.82, 2.24) is 4.57 Å². The molecule has 0 unspecified atom stereocenters. The van der Waals surface area contributed by atoms with E-state index < -0.39 is 0 Å². The van der Waals surface area contributed by atoms with Crippen molar-refractivity contribution in [2.24, 2.45) is 7.05 Å². The molecule has 0 N–H and O–H groups in total. The van der Waals surface area contributed by atoms with Crippen LogP contribution in [0.2, 0.25) is 0 Å². The van der Waals surface area contributed by atoms with E-state index in [0.29, 0.717) is 0 Å². The fraction of sp³-hybridized carbons (Fsp3) is 0.500. The van der Waals surface area contributed by atoms with Gasteiger partial charge in [0.2, 0.25) is 0 Å². The number of aryl methyl sites for hydroxylation is 1. The van der Waals surface area contributed by atoms with Gasteiger partial charge in [0.15, 0.2) is 0 Å². The van der Waals surface area contributed by atoms with Crippen molar-refractivity contribution in [3.63, 3.8) is 0 Å². The Bertz CT molecular complexity index is 393. The van der Waals surface area contributed by atoms with Crippen LogP contribution in [-0.2, 0) is 13.5 Å². The molecule has 0 bridgehead atoms. The van der Waals surface area contributed by atoms with Crippen molar-refractivity contribution < 1.29 is 4.74 Å². The van der Waals surface area contributed by atoms with E-state index in [9.17, 15) is 4.79 Å². The molecule has 0 radical (unpaired) electrons. The normalized spacial score (nSPS) is 14.9. The fourth-order valence-corrected chi connectivity index (χ4v) is 1.75. The third kappa shape index (κ3) is 1.24. The van der Waals surface area contributed by atoms with Gasteiger partial charge in [-0.2, -0.15) is 0 Å². The lowest BCUT2D eigenvalue weighted by Gasteiger charge is -2.21. The van der Waals surface area contributed by atoms with Crippen LogP contribution in [0.4, 0.5) is 0 Å². The van der Waals surface area contributed by atoms with E-state index in [1.165, 1.54) is 0 Å². The molecule has 13 heavy (non-hydrogen) atoms. The van der Waals surface area contributed by atoms with Crippen LogP contribution in [0.5, 0.6) is 5.75 Å². The summed E-state index contributed by atoms with van der Waals surface area (Å²) >= 11 is 0. The van der Waals surface area contributed by atoms with Gasteiger partial charge in [-0.05, 0) is 25.3 Å². The third-order valence-corrected chi connectivity index (χ3v) is 2.50. The highest BCUT2D eigenvalue weighted by Gasteiger charge is 2.16. The Morgan fingerprint density at radius 1 is 1.54 bits per heavy atom. The van der Waals surface area contributed by atoms with Crippen LogP contribution in [-0.4, -0.2) is 11.2 Å². The van der Waals surface area contributed by atoms with Crippen molar-refractivity contribution in [3.8, 4) is 5.75 Å². The summed E-state index contributed by atoms with van der Waals surface area (Å²) in [6, 6.07) is 1.63. The maximum atomic E-state index is 11.4. The van der Waals surface area contributed by atoms with Gasteiger partial charge in [0, 0.05) is 13.1 Å². The zero-order valence-corrected chi connectivity index (χ0v) is 7.96. The van der Waals surface area contributed by atoms with E-state index in [1.807, 2.05) is 6.92 Å². The van der Waals surface area contributed by atoms with Gasteiger partial charge in [-0.1, -0.05) is 0 Å². The molecule has 70 valence electrons. The van der Waals surface area contributed by atoms with Gasteiger partial charge in [-0.25, -0.2) is 0 Å². The smallest absolute Gasteiger partial charge is 0.250 e. The van der Waals surface area contributed by atoms with Gasteiger partial charge in [-0.15, -0.1) is 0 Å². The van der Waals surface area contributed by atoms with Crippen molar-refractivity contribution in [2.45, 2.75) is 19.8 Å². The minimum Gasteiger partial charge on any atom is -0.491 e. The third-order valence-electron chi connectivity index (χ3n) is 2.50. The number of fused-ring (bicyclic) bond motifs is 1. The molecule has 0 spiro atoms. The topological polar surface area (TPSA) is 31.2 Å². The summed E-state index contributed by atoms with van der Waals surface area (Å²) in [5.74, 6) is 0.911. The predicted molar refractivity (Wildman–Crippen MR) is 50.2 cm³/mol. The van der Waals surface area contributed by atoms with Gasteiger partial charge in [0.05, 0.1) is 12.3 Å². The standard InChI is InChI=1S/C10H13NO2/c1-7-6-9(12)11(2)8-4-3-5-13-10(7)8/h6H,3-5H2,1-2H3. The monoisotopic (exact) mass is 179 g/mol. The molecule has 2 rings (SSSR count). The molecule has 1 aliphatic rings. The molecule has 0 aliphatic carbocycles. The van der Waals surface area contributed by atoms with Gasteiger partial charge < -0.3 is 9.30 Å². The second kappa shape index (κ2) is 2.91. The van der Waals surface area contributed by atoms with Crippen LogP contribution in [0.15, 0.2) is 10.9 Å². The molecular weight excluding hydrogens is 166 g/mol. The van der Waals surface area contributed by atoms with E-state index in [4.69, 9.17) is 4.74 Å². The van der Waals surface area contributed by atoms with Crippen molar-refractivity contribution in [3.05, 3.63) is 27.7 Å². The average molecular weight is 179 g/mol. The Kier molecular flexibility index (Phi) is 1.87. The highest BCUT2D eigenvalue weighted by molar-refractivity contribution is 5.37. The van der Waals surface area contributed by atoms with Gasteiger partial charge in [-0.3, -0.25) is 4.79 Å². The minimum absolute atomic E-state index is 0.0572. The number of pyridine rings is 1. The zero-order chi connectivity index (χ0) is 9.42. The molecule has 1 aromatic heterocycles. The van der Waals surface area contributed by atoms with Crippen LogP contribution in [0.3, 0.4) is 0 Å². The van der Waals surface area contributed by atoms with Crippen LogP contribution >= 0.6 is 0 Å². The molecule has 0 amide bonds. The van der Waals surface area contributed by atoms with Gasteiger partial charge in [0.1, 0.15) is 5.75 Å². The molecule has 0 fully saturated rings. The Labute approximate surface area is 77.0 Å². The molecule has 1 aromatic rings. The number of hydrogen-bond acceptors (Lipinski definition) is 2. The van der Waals surface area contributed by atoms with E-state index >= 15 is 0 Å². The highest BCUT2D eigenvalue weighted by Crippen LogP contribution is 2.25. The summed E-state index contributed by atoms with van der Waals surface area (Å²) in [5.41, 5.74) is 2.05. The number of rotatable bonds is 0. The Hall–Kier alpha value is -1.25. The fourth-order valence-electron chi connectivity index (χ4n) is 1.75. The second-order valence-corrected chi connectivity index (χ2v) is 3.45. The summed E-state index contributed by atoms with van der Waals surface area (Å²) < 4.78 is 7.21. The molecule has 1 aliphatic heterocycles. The molecule has 0 aromatic carbocycles. The van der Waals surface area contributed by atoms with E-state index in [1.54, 1.807) is 17.7 Å². The molecule has 3 heteroatoms. The van der Waals surface area contributed by atoms with Crippen molar-refractivity contribution in [1.29, 1.82) is 0 Å². The summed E-state index contributed by atoms with van der Waals surface area (Å²) in [4.78, 5) is 11.4. The quantitative estimate of drug-likeness (QED) is 0.595. The van der Waals surface area contributed by atoms with Crippen LogP contribution in [0, 0.1) is 6.92 Å². The molecule has 2 heterocycles. The number of hydrogen-bond donors (Lipinski definition) is 0. The van der Waals surface area contributed by atoms with Crippen LogP contribution in [0.1, 0.15) is 17.7 Å². The Balaban J connectivity index is 2.70. The maximum absolute atomic E-state index is 11.4. The first-order chi connectivity index (χ1) is 6.20. The molecular formula is C10H13NO2. The van der Waals surface area contributed by atoms with Crippen molar-refractivity contribution in [2.75, 3.05) is 6.61 Å². The van der Waals surface area contributed by atoms with Gasteiger partial charge in [0.25, 0.3) is 5.56 Å². The molecule has 3 nitrogen and oxygen atoms in total. The molecule has 0 atom stereocenters. The summed E-state index contributed by atoms with van der Waals surface area (Å²) in [7, 11) is 1.80.